The van der Waals surface area contributed by atoms with Crippen LogP contribution in [0, 0.1) is 0 Å². The number of benzene rings is 4. The number of nitrogens with zero attached hydrogens (tertiary/aromatic N) is 2. The van der Waals surface area contributed by atoms with Gasteiger partial charge in [0.15, 0.2) is 4.80 Å². The minimum Gasteiger partial charge on any atom is -0.489 e. The molecule has 0 radical (unpaired) electrons. The normalized spacial score (nSPS) is 14.7. The molecular formula is C37H28N2O4S2. The lowest BCUT2D eigenvalue weighted by atomic mass is 9.97. The average Bonchev–Trinajstić information content (AvgIpc) is 3.72. The van der Waals surface area contributed by atoms with E-state index in [1.165, 1.54) is 33.4 Å². The van der Waals surface area contributed by atoms with Crippen molar-refractivity contribution >= 4 is 51.2 Å². The quantitative estimate of drug-likeness (QED) is 0.175. The van der Waals surface area contributed by atoms with Crippen molar-refractivity contribution in [1.82, 2.24) is 4.57 Å². The first-order valence-electron chi connectivity index (χ1n) is 14.6. The van der Waals surface area contributed by atoms with Crippen molar-refractivity contribution in [3.63, 3.8) is 0 Å². The molecule has 4 aromatic carbocycles. The number of ether oxygens (including phenoxy) is 2. The smallest absolute Gasteiger partial charge is 0.338 e. The number of hydrogen-bond donors (Lipinski definition) is 0. The molecule has 6 nitrogen and oxygen atoms in total. The summed E-state index contributed by atoms with van der Waals surface area (Å²) in [6, 6.07) is 35.0. The van der Waals surface area contributed by atoms with Gasteiger partial charge in [-0.1, -0.05) is 102 Å². The molecule has 0 bridgehead atoms. The van der Waals surface area contributed by atoms with Gasteiger partial charge in [-0.3, -0.25) is 9.36 Å². The number of thiazole rings is 1. The maximum Gasteiger partial charge on any atom is 0.338 e. The molecule has 1 aliphatic heterocycles. The third-order valence-corrected chi connectivity index (χ3v) is 9.55. The molecule has 0 saturated heterocycles. The third kappa shape index (κ3) is 5.66. The van der Waals surface area contributed by atoms with Crippen molar-refractivity contribution in [3.05, 3.63) is 161 Å². The Kier molecular flexibility index (Phi) is 7.98. The van der Waals surface area contributed by atoms with E-state index in [-0.39, 0.29) is 12.2 Å². The molecule has 0 spiro atoms. The first kappa shape index (κ1) is 28.7. The second-order valence-corrected chi connectivity index (χ2v) is 12.4. The molecule has 3 heterocycles. The molecule has 45 heavy (non-hydrogen) atoms. The Hall–Kier alpha value is -5.05. The molecule has 1 atom stereocenters. The lowest BCUT2D eigenvalue weighted by Crippen LogP contribution is -2.39. The Bertz CT molecular complexity index is 2210. The molecule has 7 rings (SSSR count). The fourth-order valence-corrected chi connectivity index (χ4v) is 7.37. The fourth-order valence-electron chi connectivity index (χ4n) is 5.55. The van der Waals surface area contributed by atoms with Gasteiger partial charge in [0.25, 0.3) is 5.56 Å². The monoisotopic (exact) mass is 628 g/mol. The predicted octanol–water partition coefficient (Wildman–Crippen LogP) is 6.73. The molecule has 0 saturated carbocycles. The average molecular weight is 629 g/mol. The van der Waals surface area contributed by atoms with E-state index in [1.54, 1.807) is 11.5 Å². The topological polar surface area (TPSA) is 69.9 Å². The summed E-state index contributed by atoms with van der Waals surface area (Å²) >= 11 is 2.81. The highest BCUT2D eigenvalue weighted by atomic mass is 32.1. The molecule has 8 heteroatoms. The number of aromatic nitrogens is 1. The van der Waals surface area contributed by atoms with Gasteiger partial charge in [-0.25, -0.2) is 9.79 Å². The van der Waals surface area contributed by atoms with Gasteiger partial charge in [-0.05, 0) is 58.5 Å². The summed E-state index contributed by atoms with van der Waals surface area (Å²) in [5.74, 6) is 0.262. The summed E-state index contributed by atoms with van der Waals surface area (Å²) in [7, 11) is 0. The number of fused-ring (bicyclic) bond motifs is 2. The predicted molar refractivity (Wildman–Crippen MR) is 180 cm³/mol. The van der Waals surface area contributed by atoms with E-state index in [9.17, 15) is 9.59 Å². The first-order chi connectivity index (χ1) is 22.1. The SMILES string of the molecule is CCOC(=O)C1=C(c2ccccc2)N=c2s/c(=C\c3ccc(OCc4cccc5ccccc45)cc3)c(=O)n2[C@H]1c1cccs1. The van der Waals surface area contributed by atoms with Crippen LogP contribution in [0.2, 0.25) is 0 Å². The van der Waals surface area contributed by atoms with Crippen LogP contribution in [0.5, 0.6) is 5.75 Å². The van der Waals surface area contributed by atoms with Gasteiger partial charge in [0.2, 0.25) is 0 Å². The number of carbonyl (C=O) groups is 1. The van der Waals surface area contributed by atoms with Crippen molar-refractivity contribution in [2.45, 2.75) is 19.6 Å². The minimum absolute atomic E-state index is 0.206. The van der Waals surface area contributed by atoms with Crippen molar-refractivity contribution in [2.24, 2.45) is 4.99 Å². The van der Waals surface area contributed by atoms with E-state index >= 15 is 0 Å². The van der Waals surface area contributed by atoms with Gasteiger partial charge < -0.3 is 9.47 Å². The van der Waals surface area contributed by atoms with Gasteiger partial charge in [0.05, 0.1) is 22.4 Å². The molecule has 2 aromatic heterocycles. The molecule has 1 aliphatic rings. The lowest BCUT2D eigenvalue weighted by molar-refractivity contribution is -0.138. The Morgan fingerprint density at radius 1 is 0.911 bits per heavy atom. The Morgan fingerprint density at radius 2 is 1.69 bits per heavy atom. The van der Waals surface area contributed by atoms with Gasteiger partial charge in [-0.2, -0.15) is 0 Å². The van der Waals surface area contributed by atoms with Gasteiger partial charge in [-0.15, -0.1) is 11.3 Å². The van der Waals surface area contributed by atoms with E-state index in [2.05, 4.69) is 24.3 Å². The van der Waals surface area contributed by atoms with Crippen LogP contribution in [-0.2, 0) is 16.1 Å². The van der Waals surface area contributed by atoms with Crippen molar-refractivity contribution in [3.8, 4) is 5.75 Å². The summed E-state index contributed by atoms with van der Waals surface area (Å²) in [5, 5.41) is 4.30. The minimum atomic E-state index is -0.650. The standard InChI is InChI=1S/C37H28N2O4S2/c1-2-42-36(41)32-33(26-11-4-3-5-12-26)38-37-39(34(32)30-16-9-21-44-30)35(40)31(45-37)22-24-17-19-28(20-18-24)43-23-27-14-8-13-25-10-6-7-15-29(25)27/h3-22,34H,2,23H2,1H3/b31-22-/t34-/m0/s1. The van der Waals surface area contributed by atoms with Crippen molar-refractivity contribution in [1.29, 1.82) is 0 Å². The van der Waals surface area contributed by atoms with Crippen LogP contribution < -0.4 is 19.6 Å². The van der Waals surface area contributed by atoms with Crippen molar-refractivity contribution < 1.29 is 14.3 Å². The highest BCUT2D eigenvalue weighted by molar-refractivity contribution is 7.10. The van der Waals surface area contributed by atoms with Crippen LogP contribution in [0.4, 0.5) is 0 Å². The molecule has 222 valence electrons. The zero-order valence-corrected chi connectivity index (χ0v) is 26.0. The van der Waals surface area contributed by atoms with E-state index in [0.29, 0.717) is 27.2 Å². The fraction of sp³-hybridized carbons (Fsp3) is 0.108. The summed E-state index contributed by atoms with van der Waals surface area (Å²) in [4.78, 5) is 33.8. The first-order valence-corrected chi connectivity index (χ1v) is 16.3. The number of thiophene rings is 1. The van der Waals surface area contributed by atoms with E-state index < -0.39 is 12.0 Å². The largest absolute Gasteiger partial charge is 0.489 e. The van der Waals surface area contributed by atoms with Gasteiger partial charge >= 0.3 is 5.97 Å². The van der Waals surface area contributed by atoms with Crippen LogP contribution >= 0.6 is 22.7 Å². The molecular weight excluding hydrogens is 601 g/mol. The molecule has 0 aliphatic carbocycles. The van der Waals surface area contributed by atoms with Gasteiger partial charge in [0, 0.05) is 10.4 Å². The second kappa shape index (κ2) is 12.5. The number of esters is 1. The summed E-state index contributed by atoms with van der Waals surface area (Å²) < 4.78 is 13.8. The Morgan fingerprint density at radius 3 is 2.47 bits per heavy atom. The highest BCUT2D eigenvalue weighted by Crippen LogP contribution is 2.36. The van der Waals surface area contributed by atoms with Gasteiger partial charge in [0.1, 0.15) is 18.4 Å². The zero-order valence-electron chi connectivity index (χ0n) is 24.4. The zero-order chi connectivity index (χ0) is 30.8. The van der Waals surface area contributed by atoms with Crippen LogP contribution in [0.3, 0.4) is 0 Å². The summed E-state index contributed by atoms with van der Waals surface area (Å²) in [6.45, 7) is 2.44. The number of rotatable bonds is 8. The molecule has 6 aromatic rings. The summed E-state index contributed by atoms with van der Waals surface area (Å²) in [6.07, 6.45) is 1.86. The van der Waals surface area contributed by atoms with E-state index in [0.717, 1.165) is 27.3 Å². The number of carbonyl (C=O) groups excluding carboxylic acids is 1. The maximum atomic E-state index is 14.0. The Labute approximate surface area is 267 Å². The third-order valence-electron chi connectivity index (χ3n) is 7.64. The van der Waals surface area contributed by atoms with E-state index in [4.69, 9.17) is 14.5 Å². The Balaban J connectivity index is 1.25. The van der Waals surface area contributed by atoms with Crippen LogP contribution in [0.1, 0.15) is 34.5 Å². The van der Waals surface area contributed by atoms with Crippen LogP contribution in [0.15, 0.2) is 130 Å². The molecule has 0 N–H and O–H groups in total. The lowest BCUT2D eigenvalue weighted by Gasteiger charge is -2.24. The molecule has 0 unspecified atom stereocenters. The number of hydrogen-bond acceptors (Lipinski definition) is 7. The highest BCUT2D eigenvalue weighted by Gasteiger charge is 2.35. The molecule has 0 amide bonds. The second-order valence-electron chi connectivity index (χ2n) is 10.4. The van der Waals surface area contributed by atoms with E-state index in [1.807, 2.05) is 96.4 Å². The van der Waals surface area contributed by atoms with Crippen LogP contribution in [0.25, 0.3) is 22.5 Å². The molecule has 0 fully saturated rings. The van der Waals surface area contributed by atoms with Crippen molar-refractivity contribution in [2.75, 3.05) is 6.61 Å². The summed E-state index contributed by atoms with van der Waals surface area (Å²) in [5.41, 5.74) is 3.44. The maximum absolute atomic E-state index is 14.0. The van der Waals surface area contributed by atoms with Crippen LogP contribution in [-0.4, -0.2) is 17.1 Å².